The number of fused-ring (bicyclic) bond motifs is 1. The van der Waals surface area contributed by atoms with E-state index in [-0.39, 0.29) is 17.4 Å². The first-order valence-electron chi connectivity index (χ1n) is 10.8. The van der Waals surface area contributed by atoms with E-state index >= 15 is 0 Å². The molecule has 170 valence electrons. The van der Waals surface area contributed by atoms with Crippen LogP contribution in [-0.4, -0.2) is 50.7 Å². The van der Waals surface area contributed by atoms with Crippen molar-refractivity contribution in [1.29, 1.82) is 0 Å². The molecular weight excluding hydrogens is 428 g/mol. The summed E-state index contributed by atoms with van der Waals surface area (Å²) in [6.07, 6.45) is 4.50. The molecule has 1 saturated heterocycles. The largest absolute Gasteiger partial charge is 0.486 e. The molecule has 0 bridgehead atoms. The van der Waals surface area contributed by atoms with Gasteiger partial charge >= 0.3 is 0 Å². The third-order valence-electron chi connectivity index (χ3n) is 5.69. The fourth-order valence-corrected chi connectivity index (χ4v) is 4.76. The Morgan fingerprint density at radius 2 is 1.69 bits per heavy atom. The number of carbonyl (C=O) groups excluding carboxylic acids is 1. The van der Waals surface area contributed by atoms with Crippen LogP contribution in [0.5, 0.6) is 5.75 Å². The Kier molecular flexibility index (Phi) is 6.53. The Labute approximate surface area is 188 Å². The summed E-state index contributed by atoms with van der Waals surface area (Å²) in [5, 5.41) is 0.699. The fraction of sp³-hybridized carbons (Fsp3) is 0.375. The van der Waals surface area contributed by atoms with Gasteiger partial charge in [-0.05, 0) is 61.4 Å². The summed E-state index contributed by atoms with van der Waals surface area (Å²) < 4.78 is 37.4. The zero-order chi connectivity index (χ0) is 22.7. The second-order valence-corrected chi connectivity index (χ2v) is 10.4. The molecule has 1 aliphatic heterocycles. The molecule has 0 spiro atoms. The van der Waals surface area contributed by atoms with Crippen LogP contribution in [0.25, 0.3) is 11.0 Å². The van der Waals surface area contributed by atoms with Gasteiger partial charge in [0.1, 0.15) is 23.7 Å². The maximum absolute atomic E-state index is 12.7. The lowest BCUT2D eigenvalue weighted by molar-refractivity contribution is 0.0761. The number of amides is 1. The molecule has 0 atom stereocenters. The van der Waals surface area contributed by atoms with Crippen molar-refractivity contribution in [1.82, 2.24) is 9.21 Å². The van der Waals surface area contributed by atoms with Gasteiger partial charge in [-0.2, -0.15) is 0 Å². The number of hydrogen-bond acceptors (Lipinski definition) is 5. The van der Waals surface area contributed by atoms with Crippen molar-refractivity contribution in [3.8, 4) is 5.75 Å². The monoisotopic (exact) mass is 456 g/mol. The van der Waals surface area contributed by atoms with E-state index in [0.717, 1.165) is 25.9 Å². The van der Waals surface area contributed by atoms with Gasteiger partial charge in [0.2, 0.25) is 10.0 Å². The topological polar surface area (TPSA) is 80.1 Å². The summed E-state index contributed by atoms with van der Waals surface area (Å²) in [6.45, 7) is 1.84. The van der Waals surface area contributed by atoms with Gasteiger partial charge in [-0.1, -0.05) is 12.8 Å². The smallest absolute Gasteiger partial charge is 0.253 e. The minimum Gasteiger partial charge on any atom is -0.486 e. The molecule has 0 aliphatic carbocycles. The molecule has 0 saturated carbocycles. The first-order valence-corrected chi connectivity index (χ1v) is 12.3. The van der Waals surface area contributed by atoms with Crippen LogP contribution in [0.4, 0.5) is 0 Å². The number of rotatable bonds is 6. The molecule has 7 nitrogen and oxygen atoms in total. The lowest BCUT2D eigenvalue weighted by Crippen LogP contribution is -2.31. The molecule has 2 heterocycles. The Bertz CT molecular complexity index is 1190. The van der Waals surface area contributed by atoms with Crippen molar-refractivity contribution in [2.75, 3.05) is 27.2 Å². The maximum Gasteiger partial charge on any atom is 0.253 e. The van der Waals surface area contributed by atoms with Gasteiger partial charge in [-0.15, -0.1) is 0 Å². The van der Waals surface area contributed by atoms with Crippen molar-refractivity contribution in [2.45, 2.75) is 37.2 Å². The fourth-order valence-electron chi connectivity index (χ4n) is 3.82. The average molecular weight is 457 g/mol. The molecular formula is C24H28N2O5S. The Morgan fingerprint density at radius 1 is 1.00 bits per heavy atom. The zero-order valence-corrected chi connectivity index (χ0v) is 19.2. The lowest BCUT2D eigenvalue weighted by Gasteiger charge is -2.20. The summed E-state index contributed by atoms with van der Waals surface area (Å²) in [7, 11) is -0.505. The van der Waals surface area contributed by atoms with Gasteiger partial charge in [0.05, 0.1) is 4.90 Å². The summed E-state index contributed by atoms with van der Waals surface area (Å²) in [5.41, 5.74) is 1.26. The predicted octanol–water partition coefficient (Wildman–Crippen LogP) is 4.28. The third kappa shape index (κ3) is 4.81. The van der Waals surface area contributed by atoms with E-state index in [9.17, 15) is 13.2 Å². The van der Waals surface area contributed by atoms with Crippen molar-refractivity contribution in [3.05, 3.63) is 59.9 Å². The van der Waals surface area contributed by atoms with Crippen molar-refractivity contribution in [3.63, 3.8) is 0 Å². The van der Waals surface area contributed by atoms with Crippen LogP contribution in [-0.2, 0) is 16.6 Å². The Hall–Kier alpha value is -2.84. The number of carbonyl (C=O) groups is 1. The van der Waals surface area contributed by atoms with Crippen LogP contribution in [0.1, 0.15) is 41.8 Å². The van der Waals surface area contributed by atoms with Gasteiger partial charge in [0, 0.05) is 38.1 Å². The molecule has 32 heavy (non-hydrogen) atoms. The third-order valence-corrected chi connectivity index (χ3v) is 7.50. The van der Waals surface area contributed by atoms with E-state index in [0.29, 0.717) is 28.0 Å². The zero-order valence-electron chi connectivity index (χ0n) is 18.4. The number of sulfonamides is 1. The van der Waals surface area contributed by atoms with E-state index in [1.165, 1.54) is 37.3 Å². The van der Waals surface area contributed by atoms with Crippen LogP contribution >= 0.6 is 0 Å². The summed E-state index contributed by atoms with van der Waals surface area (Å²) in [4.78, 5) is 14.9. The van der Waals surface area contributed by atoms with Crippen molar-refractivity contribution in [2.24, 2.45) is 0 Å². The molecule has 1 fully saturated rings. The second kappa shape index (κ2) is 9.34. The first-order chi connectivity index (χ1) is 15.3. The number of benzene rings is 2. The quantitative estimate of drug-likeness (QED) is 0.553. The second-order valence-electron chi connectivity index (χ2n) is 8.22. The highest BCUT2D eigenvalue weighted by atomic mass is 32.2. The van der Waals surface area contributed by atoms with Crippen molar-refractivity contribution >= 4 is 26.9 Å². The molecule has 2 aromatic carbocycles. The van der Waals surface area contributed by atoms with Crippen LogP contribution < -0.4 is 4.74 Å². The van der Waals surface area contributed by atoms with Crippen LogP contribution in [0, 0.1) is 0 Å². The Morgan fingerprint density at radius 3 is 2.34 bits per heavy atom. The predicted molar refractivity (Wildman–Crippen MR) is 122 cm³/mol. The minimum atomic E-state index is -3.51. The molecule has 1 aliphatic rings. The highest BCUT2D eigenvalue weighted by Crippen LogP contribution is 2.25. The molecule has 3 aromatic rings. The van der Waals surface area contributed by atoms with E-state index < -0.39 is 10.0 Å². The summed E-state index contributed by atoms with van der Waals surface area (Å²) >= 11 is 0. The first kappa shape index (κ1) is 22.4. The van der Waals surface area contributed by atoms with E-state index in [1.807, 2.05) is 4.90 Å². The molecule has 1 aromatic heterocycles. The van der Waals surface area contributed by atoms with Gasteiger partial charge in [-0.3, -0.25) is 4.79 Å². The van der Waals surface area contributed by atoms with Crippen molar-refractivity contribution < 1.29 is 22.4 Å². The molecule has 0 radical (unpaired) electrons. The van der Waals surface area contributed by atoms with Gasteiger partial charge in [-0.25, -0.2) is 12.7 Å². The number of nitrogens with zero attached hydrogens (tertiary/aromatic N) is 2. The Balaban J connectivity index is 1.41. The SMILES string of the molecule is CN(C)S(=O)(=O)c1ccc2oc(COc3ccc(C(=O)N4CCCCCC4)cc3)cc2c1. The number of furan rings is 1. The number of likely N-dealkylation sites (tertiary alicyclic amines) is 1. The van der Waals surface area contributed by atoms with E-state index in [1.54, 1.807) is 42.5 Å². The molecule has 0 N–H and O–H groups in total. The lowest BCUT2D eigenvalue weighted by atomic mass is 10.2. The molecule has 4 rings (SSSR count). The highest BCUT2D eigenvalue weighted by molar-refractivity contribution is 7.89. The highest BCUT2D eigenvalue weighted by Gasteiger charge is 2.19. The molecule has 1 amide bonds. The minimum absolute atomic E-state index is 0.0687. The molecule has 8 heteroatoms. The van der Waals surface area contributed by atoms with Gasteiger partial charge in [0.25, 0.3) is 5.91 Å². The van der Waals surface area contributed by atoms with Crippen LogP contribution in [0.3, 0.4) is 0 Å². The normalized spacial score (nSPS) is 15.2. The van der Waals surface area contributed by atoms with Crippen LogP contribution in [0.15, 0.2) is 57.8 Å². The molecule has 0 unspecified atom stereocenters. The van der Waals surface area contributed by atoms with E-state index in [4.69, 9.17) is 9.15 Å². The van der Waals surface area contributed by atoms with Crippen LogP contribution in [0.2, 0.25) is 0 Å². The average Bonchev–Trinajstić information content (AvgIpc) is 3.00. The number of ether oxygens (including phenoxy) is 1. The van der Waals surface area contributed by atoms with Gasteiger partial charge < -0.3 is 14.1 Å². The van der Waals surface area contributed by atoms with Gasteiger partial charge in [0.15, 0.2) is 0 Å². The number of hydrogen-bond donors (Lipinski definition) is 0. The summed E-state index contributed by atoms with van der Waals surface area (Å²) in [5.74, 6) is 1.29. The maximum atomic E-state index is 12.7. The standard InChI is InChI=1S/C24H28N2O5S/c1-25(2)32(28,29)22-11-12-23-19(16-22)15-21(31-23)17-30-20-9-7-18(8-10-20)24(27)26-13-5-3-4-6-14-26/h7-12,15-16H,3-6,13-14,17H2,1-2H3. The summed E-state index contributed by atoms with van der Waals surface area (Å²) in [6, 6.07) is 13.7. The van der Waals surface area contributed by atoms with E-state index in [2.05, 4.69) is 0 Å².